The summed E-state index contributed by atoms with van der Waals surface area (Å²) in [7, 11) is 1.62. The number of carbonyl (C=O) groups is 1. The van der Waals surface area contributed by atoms with Crippen LogP contribution in [-0.2, 0) is 11.2 Å². The van der Waals surface area contributed by atoms with Crippen LogP contribution in [0.3, 0.4) is 0 Å². The molecule has 0 heterocycles. The number of carbonyl (C=O) groups excluding carboxylic acids is 1. The zero-order valence-corrected chi connectivity index (χ0v) is 13.1. The lowest BCUT2D eigenvalue weighted by Crippen LogP contribution is -2.37. The quantitative estimate of drug-likeness (QED) is 0.682. The minimum atomic E-state index is -0.535. The Labute approximate surface area is 126 Å². The average molecular weight is 294 g/mol. The summed E-state index contributed by atoms with van der Waals surface area (Å²) in [4.78, 5) is 11.9. The molecule has 0 spiro atoms. The van der Waals surface area contributed by atoms with Gasteiger partial charge in [-0.2, -0.15) is 0 Å². The Bertz CT molecular complexity index is 449. The van der Waals surface area contributed by atoms with Crippen molar-refractivity contribution in [1.29, 1.82) is 0 Å². The summed E-state index contributed by atoms with van der Waals surface area (Å²) in [5, 5.41) is 2.86. The van der Waals surface area contributed by atoms with Gasteiger partial charge in [-0.25, -0.2) is 0 Å². The summed E-state index contributed by atoms with van der Waals surface area (Å²) in [5.41, 5.74) is 6.57. The van der Waals surface area contributed by atoms with Gasteiger partial charge in [0.25, 0.3) is 5.91 Å². The van der Waals surface area contributed by atoms with Gasteiger partial charge in [0, 0.05) is 6.54 Å². The average Bonchev–Trinajstić information content (AvgIpc) is 2.49. The van der Waals surface area contributed by atoms with E-state index < -0.39 is 6.10 Å². The van der Waals surface area contributed by atoms with Crippen molar-refractivity contribution < 1.29 is 14.3 Å². The summed E-state index contributed by atoms with van der Waals surface area (Å²) >= 11 is 0. The number of benzene rings is 1. The van der Waals surface area contributed by atoms with Crippen LogP contribution in [0.1, 0.15) is 32.3 Å². The van der Waals surface area contributed by atoms with Gasteiger partial charge in [-0.3, -0.25) is 4.79 Å². The van der Waals surface area contributed by atoms with E-state index in [9.17, 15) is 4.79 Å². The topological polar surface area (TPSA) is 73.6 Å². The number of unbranched alkanes of at least 4 members (excludes halogenated alkanes) is 1. The van der Waals surface area contributed by atoms with Crippen LogP contribution >= 0.6 is 0 Å². The Morgan fingerprint density at radius 2 is 2.19 bits per heavy atom. The Kier molecular flexibility index (Phi) is 7.61. The van der Waals surface area contributed by atoms with Crippen LogP contribution in [0.2, 0.25) is 0 Å². The molecule has 0 saturated carbocycles. The highest BCUT2D eigenvalue weighted by molar-refractivity contribution is 5.80. The second-order valence-electron chi connectivity index (χ2n) is 4.92. The van der Waals surface area contributed by atoms with Crippen LogP contribution in [0, 0.1) is 0 Å². The maximum absolute atomic E-state index is 11.9. The number of nitrogens with two attached hydrogens (primary N) is 1. The predicted octanol–water partition coefficient (Wildman–Crippen LogP) is 1.88. The van der Waals surface area contributed by atoms with Gasteiger partial charge in [-0.05, 0) is 50.1 Å². The monoisotopic (exact) mass is 294 g/mol. The van der Waals surface area contributed by atoms with Gasteiger partial charge in [0.05, 0.1) is 7.11 Å². The van der Waals surface area contributed by atoms with Crippen LogP contribution in [0.25, 0.3) is 0 Å². The van der Waals surface area contributed by atoms with E-state index in [1.165, 1.54) is 0 Å². The highest BCUT2D eigenvalue weighted by Gasteiger charge is 2.16. The Hall–Kier alpha value is -1.75. The first-order valence-corrected chi connectivity index (χ1v) is 7.43. The molecular weight excluding hydrogens is 268 g/mol. The van der Waals surface area contributed by atoms with Crippen LogP contribution in [0.5, 0.6) is 11.5 Å². The van der Waals surface area contributed by atoms with Crippen molar-refractivity contribution >= 4 is 5.91 Å². The molecule has 0 saturated heterocycles. The largest absolute Gasteiger partial charge is 0.497 e. The molecule has 21 heavy (non-hydrogen) atoms. The first-order chi connectivity index (χ1) is 10.1. The molecular formula is C16H26N2O3. The molecule has 118 valence electrons. The molecule has 0 fully saturated rings. The lowest BCUT2D eigenvalue weighted by Gasteiger charge is -2.17. The van der Waals surface area contributed by atoms with E-state index in [1.807, 2.05) is 18.2 Å². The molecule has 1 unspecified atom stereocenters. The number of amides is 1. The van der Waals surface area contributed by atoms with Gasteiger partial charge in [-0.15, -0.1) is 0 Å². The molecule has 0 aliphatic heterocycles. The Balaban J connectivity index is 2.69. The molecule has 1 aromatic carbocycles. The summed E-state index contributed by atoms with van der Waals surface area (Å²) in [6.07, 6.45) is 2.16. The molecule has 1 atom stereocenters. The van der Waals surface area contributed by atoms with Gasteiger partial charge < -0.3 is 20.5 Å². The van der Waals surface area contributed by atoms with E-state index >= 15 is 0 Å². The molecule has 5 nitrogen and oxygen atoms in total. The zero-order chi connectivity index (χ0) is 15.7. The fourth-order valence-corrected chi connectivity index (χ4v) is 1.92. The number of hydrogen-bond donors (Lipinski definition) is 2. The van der Waals surface area contributed by atoms with Crippen LogP contribution in [-0.4, -0.2) is 32.2 Å². The highest BCUT2D eigenvalue weighted by atomic mass is 16.5. The maximum Gasteiger partial charge on any atom is 0.260 e. The molecule has 1 rings (SSSR count). The number of ether oxygens (including phenoxy) is 2. The number of methoxy groups -OCH3 is 1. The summed E-state index contributed by atoms with van der Waals surface area (Å²) in [6, 6.07) is 5.53. The standard InChI is InChI=1S/C16H26N2O3/c1-4-5-10-18-16(19)12(2)21-15-7-6-14(20-3)11-13(15)8-9-17/h6-7,11-12H,4-5,8-10,17H2,1-3H3,(H,18,19). The van der Waals surface area contributed by atoms with Crippen molar-refractivity contribution in [3.05, 3.63) is 23.8 Å². The van der Waals surface area contributed by atoms with E-state index in [0.29, 0.717) is 25.3 Å². The zero-order valence-electron chi connectivity index (χ0n) is 13.1. The van der Waals surface area contributed by atoms with E-state index in [-0.39, 0.29) is 5.91 Å². The van der Waals surface area contributed by atoms with E-state index in [1.54, 1.807) is 14.0 Å². The number of hydrogen-bond acceptors (Lipinski definition) is 4. The first kappa shape index (κ1) is 17.3. The first-order valence-electron chi connectivity index (χ1n) is 7.43. The number of rotatable bonds is 9. The molecule has 0 radical (unpaired) electrons. The van der Waals surface area contributed by atoms with Crippen molar-refractivity contribution in [1.82, 2.24) is 5.32 Å². The van der Waals surface area contributed by atoms with Crippen LogP contribution < -0.4 is 20.5 Å². The van der Waals surface area contributed by atoms with Gasteiger partial charge in [0.1, 0.15) is 11.5 Å². The van der Waals surface area contributed by atoms with Gasteiger partial charge in [0.2, 0.25) is 0 Å². The summed E-state index contributed by atoms with van der Waals surface area (Å²) in [5.74, 6) is 1.34. The van der Waals surface area contributed by atoms with Crippen LogP contribution in [0.15, 0.2) is 18.2 Å². The smallest absolute Gasteiger partial charge is 0.260 e. The van der Waals surface area contributed by atoms with Crippen molar-refractivity contribution in [2.24, 2.45) is 5.73 Å². The maximum atomic E-state index is 11.9. The second-order valence-corrected chi connectivity index (χ2v) is 4.92. The Morgan fingerprint density at radius 1 is 1.43 bits per heavy atom. The third-order valence-electron chi connectivity index (χ3n) is 3.18. The summed E-state index contributed by atoms with van der Waals surface area (Å²) in [6.45, 7) is 5.03. The SMILES string of the molecule is CCCCNC(=O)C(C)Oc1ccc(OC)cc1CCN. The third kappa shape index (κ3) is 5.63. The van der Waals surface area contributed by atoms with E-state index in [2.05, 4.69) is 12.2 Å². The molecule has 0 aliphatic carbocycles. The molecule has 0 aromatic heterocycles. The van der Waals surface area contributed by atoms with Crippen LogP contribution in [0.4, 0.5) is 0 Å². The molecule has 3 N–H and O–H groups in total. The van der Waals surface area contributed by atoms with Crippen molar-refractivity contribution in [2.75, 3.05) is 20.2 Å². The minimum Gasteiger partial charge on any atom is -0.497 e. The molecule has 0 aliphatic rings. The molecule has 1 amide bonds. The lowest BCUT2D eigenvalue weighted by molar-refractivity contribution is -0.127. The predicted molar refractivity (Wildman–Crippen MR) is 83.8 cm³/mol. The highest BCUT2D eigenvalue weighted by Crippen LogP contribution is 2.25. The fraction of sp³-hybridized carbons (Fsp3) is 0.562. The van der Waals surface area contributed by atoms with Gasteiger partial charge in [0.15, 0.2) is 6.10 Å². The molecule has 5 heteroatoms. The van der Waals surface area contributed by atoms with E-state index in [4.69, 9.17) is 15.2 Å². The van der Waals surface area contributed by atoms with Crippen molar-refractivity contribution in [3.63, 3.8) is 0 Å². The Morgan fingerprint density at radius 3 is 2.81 bits per heavy atom. The number of nitrogens with one attached hydrogen (secondary N) is 1. The second kappa shape index (κ2) is 9.23. The third-order valence-corrected chi connectivity index (χ3v) is 3.18. The van der Waals surface area contributed by atoms with Crippen molar-refractivity contribution in [2.45, 2.75) is 39.2 Å². The molecule has 0 bridgehead atoms. The molecule has 1 aromatic rings. The normalized spacial score (nSPS) is 11.8. The van der Waals surface area contributed by atoms with Crippen molar-refractivity contribution in [3.8, 4) is 11.5 Å². The van der Waals surface area contributed by atoms with E-state index in [0.717, 1.165) is 24.2 Å². The van der Waals surface area contributed by atoms with Gasteiger partial charge >= 0.3 is 0 Å². The lowest BCUT2D eigenvalue weighted by atomic mass is 10.1. The van der Waals surface area contributed by atoms with Gasteiger partial charge in [-0.1, -0.05) is 13.3 Å². The minimum absolute atomic E-state index is 0.0991. The fourth-order valence-electron chi connectivity index (χ4n) is 1.92. The summed E-state index contributed by atoms with van der Waals surface area (Å²) < 4.78 is 11.0.